The second kappa shape index (κ2) is 7.32. The van der Waals surface area contributed by atoms with Crippen LogP contribution >= 0.6 is 11.6 Å². The van der Waals surface area contributed by atoms with Gasteiger partial charge in [0, 0.05) is 25.3 Å². The summed E-state index contributed by atoms with van der Waals surface area (Å²) in [5.41, 5.74) is 6.57. The Labute approximate surface area is 132 Å². The average Bonchev–Trinajstić information content (AvgIpc) is 3.06. The van der Waals surface area contributed by atoms with Gasteiger partial charge in [-0.2, -0.15) is 0 Å². The first-order valence-electron chi connectivity index (χ1n) is 7.99. The topological polar surface area (TPSA) is 51.3 Å². The Morgan fingerprint density at radius 1 is 1.48 bits per heavy atom. The number of nitrogens with two attached hydrogens (primary N) is 1. The number of rotatable bonds is 6. The van der Waals surface area contributed by atoms with E-state index in [1.807, 2.05) is 22.6 Å². The number of hydrogen-bond donors (Lipinski definition) is 1. The van der Waals surface area contributed by atoms with Crippen molar-refractivity contribution in [2.24, 2.45) is 11.7 Å². The molecule has 1 heterocycles. The molecule has 1 amide bonds. The van der Waals surface area contributed by atoms with Gasteiger partial charge in [0.25, 0.3) is 5.91 Å². The van der Waals surface area contributed by atoms with Crippen LogP contribution in [0.4, 0.5) is 0 Å². The monoisotopic (exact) mass is 311 g/mol. The third-order valence-electron chi connectivity index (χ3n) is 4.47. The van der Waals surface area contributed by atoms with Crippen LogP contribution in [0.25, 0.3) is 0 Å². The summed E-state index contributed by atoms with van der Waals surface area (Å²) in [6, 6.07) is 2.06. The Morgan fingerprint density at radius 2 is 2.24 bits per heavy atom. The number of aryl methyl sites for hydroxylation is 1. The van der Waals surface area contributed by atoms with E-state index in [-0.39, 0.29) is 11.9 Å². The number of amides is 1. The van der Waals surface area contributed by atoms with E-state index in [1.54, 1.807) is 6.07 Å². The van der Waals surface area contributed by atoms with Crippen molar-refractivity contribution in [2.75, 3.05) is 13.1 Å². The van der Waals surface area contributed by atoms with Crippen molar-refractivity contribution in [3.8, 4) is 0 Å². The van der Waals surface area contributed by atoms with Crippen molar-refractivity contribution in [2.45, 2.75) is 52.1 Å². The highest BCUT2D eigenvalue weighted by molar-refractivity contribution is 6.31. The quantitative estimate of drug-likeness (QED) is 0.877. The van der Waals surface area contributed by atoms with E-state index in [9.17, 15) is 4.79 Å². The van der Waals surface area contributed by atoms with E-state index >= 15 is 0 Å². The summed E-state index contributed by atoms with van der Waals surface area (Å²) in [7, 11) is 0. The molecule has 1 aromatic rings. The lowest BCUT2D eigenvalue weighted by Gasteiger charge is -2.32. The second-order valence-electron chi connectivity index (χ2n) is 5.82. The van der Waals surface area contributed by atoms with Gasteiger partial charge < -0.3 is 15.2 Å². The maximum absolute atomic E-state index is 12.9. The zero-order chi connectivity index (χ0) is 15.4. The molecule has 118 valence electrons. The SMILES string of the molecule is CCCn1cc(Cl)cc1C(=O)N(CC)C1CCCC1CN. The summed E-state index contributed by atoms with van der Waals surface area (Å²) < 4.78 is 1.97. The van der Waals surface area contributed by atoms with Gasteiger partial charge in [-0.3, -0.25) is 4.79 Å². The van der Waals surface area contributed by atoms with Crippen LogP contribution in [0.1, 0.15) is 50.0 Å². The second-order valence-corrected chi connectivity index (χ2v) is 6.26. The van der Waals surface area contributed by atoms with Crippen LogP contribution in [-0.2, 0) is 6.54 Å². The normalized spacial score (nSPS) is 21.7. The van der Waals surface area contributed by atoms with Gasteiger partial charge in [0.05, 0.1) is 5.02 Å². The van der Waals surface area contributed by atoms with E-state index in [2.05, 4.69) is 6.92 Å². The van der Waals surface area contributed by atoms with Crippen molar-refractivity contribution < 1.29 is 4.79 Å². The largest absolute Gasteiger partial charge is 0.342 e. The van der Waals surface area contributed by atoms with E-state index < -0.39 is 0 Å². The number of nitrogens with zero attached hydrogens (tertiary/aromatic N) is 2. The minimum absolute atomic E-state index is 0.0863. The van der Waals surface area contributed by atoms with Crippen LogP contribution in [0.5, 0.6) is 0 Å². The summed E-state index contributed by atoms with van der Waals surface area (Å²) in [5.74, 6) is 0.516. The van der Waals surface area contributed by atoms with Crippen LogP contribution in [0.15, 0.2) is 12.3 Å². The summed E-state index contributed by atoms with van der Waals surface area (Å²) in [4.78, 5) is 14.9. The third-order valence-corrected chi connectivity index (χ3v) is 4.68. The van der Waals surface area contributed by atoms with Crippen LogP contribution in [0.3, 0.4) is 0 Å². The number of aromatic nitrogens is 1. The highest BCUT2D eigenvalue weighted by atomic mass is 35.5. The smallest absolute Gasteiger partial charge is 0.270 e. The van der Waals surface area contributed by atoms with Gasteiger partial charge in [-0.1, -0.05) is 24.9 Å². The maximum Gasteiger partial charge on any atom is 0.270 e. The van der Waals surface area contributed by atoms with Gasteiger partial charge in [-0.25, -0.2) is 0 Å². The molecule has 4 nitrogen and oxygen atoms in total. The average molecular weight is 312 g/mol. The summed E-state index contributed by atoms with van der Waals surface area (Å²) in [6.45, 7) is 6.33. The molecule has 0 bridgehead atoms. The molecule has 0 saturated heterocycles. The van der Waals surface area contributed by atoms with Gasteiger partial charge in [-0.15, -0.1) is 0 Å². The lowest BCUT2D eigenvalue weighted by Crippen LogP contribution is -2.44. The van der Waals surface area contributed by atoms with E-state index in [0.717, 1.165) is 38.8 Å². The highest BCUT2D eigenvalue weighted by Gasteiger charge is 2.34. The van der Waals surface area contributed by atoms with Crippen LogP contribution < -0.4 is 5.73 Å². The predicted octanol–water partition coefficient (Wildman–Crippen LogP) is 3.14. The summed E-state index contributed by atoms with van der Waals surface area (Å²) in [6.07, 6.45) is 6.17. The first-order valence-corrected chi connectivity index (χ1v) is 8.36. The van der Waals surface area contributed by atoms with Gasteiger partial charge in [0.1, 0.15) is 5.69 Å². The number of hydrogen-bond acceptors (Lipinski definition) is 2. The zero-order valence-corrected chi connectivity index (χ0v) is 13.8. The van der Waals surface area contributed by atoms with Crippen molar-refractivity contribution in [3.05, 3.63) is 23.0 Å². The molecule has 1 saturated carbocycles. The van der Waals surface area contributed by atoms with E-state index in [1.165, 1.54) is 0 Å². The Bertz CT molecular complexity index is 486. The highest BCUT2D eigenvalue weighted by Crippen LogP contribution is 2.30. The molecule has 0 radical (unpaired) electrons. The molecule has 1 aliphatic carbocycles. The Kier molecular flexibility index (Phi) is 5.71. The van der Waals surface area contributed by atoms with Crippen molar-refractivity contribution in [1.29, 1.82) is 0 Å². The fourth-order valence-electron chi connectivity index (χ4n) is 3.46. The van der Waals surface area contributed by atoms with E-state index in [0.29, 0.717) is 23.2 Å². The first kappa shape index (κ1) is 16.4. The summed E-state index contributed by atoms with van der Waals surface area (Å²) in [5, 5.41) is 0.629. The molecule has 2 rings (SSSR count). The number of carbonyl (C=O) groups is 1. The Morgan fingerprint density at radius 3 is 2.86 bits per heavy atom. The lowest BCUT2D eigenvalue weighted by molar-refractivity contribution is 0.0640. The maximum atomic E-state index is 12.9. The van der Waals surface area contributed by atoms with Gasteiger partial charge >= 0.3 is 0 Å². The molecule has 2 N–H and O–H groups in total. The van der Waals surface area contributed by atoms with Crippen LogP contribution in [0, 0.1) is 5.92 Å². The molecule has 0 spiro atoms. The predicted molar refractivity (Wildman–Crippen MR) is 86.6 cm³/mol. The fraction of sp³-hybridized carbons (Fsp3) is 0.688. The molecule has 2 unspecified atom stereocenters. The van der Waals surface area contributed by atoms with Gasteiger partial charge in [0.2, 0.25) is 0 Å². The number of carbonyl (C=O) groups excluding carboxylic acids is 1. The summed E-state index contributed by atoms with van der Waals surface area (Å²) >= 11 is 6.10. The van der Waals surface area contributed by atoms with Crippen molar-refractivity contribution in [3.63, 3.8) is 0 Å². The number of halogens is 1. The minimum Gasteiger partial charge on any atom is -0.342 e. The first-order chi connectivity index (χ1) is 10.1. The molecule has 1 fully saturated rings. The van der Waals surface area contributed by atoms with Gasteiger partial charge in [-0.05, 0) is 44.7 Å². The third kappa shape index (κ3) is 3.43. The van der Waals surface area contributed by atoms with Crippen molar-refractivity contribution >= 4 is 17.5 Å². The van der Waals surface area contributed by atoms with E-state index in [4.69, 9.17) is 17.3 Å². The molecule has 21 heavy (non-hydrogen) atoms. The molecule has 0 aliphatic heterocycles. The van der Waals surface area contributed by atoms with Crippen molar-refractivity contribution in [1.82, 2.24) is 9.47 Å². The molecule has 5 heteroatoms. The molecular formula is C16H26ClN3O. The lowest BCUT2D eigenvalue weighted by atomic mass is 10.0. The van der Waals surface area contributed by atoms with Crippen LogP contribution in [0.2, 0.25) is 5.02 Å². The molecule has 1 aromatic heterocycles. The fourth-order valence-corrected chi connectivity index (χ4v) is 3.68. The zero-order valence-electron chi connectivity index (χ0n) is 13.0. The van der Waals surface area contributed by atoms with Crippen LogP contribution in [-0.4, -0.2) is 34.5 Å². The Balaban J connectivity index is 2.24. The molecular weight excluding hydrogens is 286 g/mol. The molecule has 0 aromatic carbocycles. The standard InChI is InChI=1S/C16H26ClN3O/c1-3-8-19-11-13(17)9-15(19)16(21)20(4-2)14-7-5-6-12(14)10-18/h9,11-12,14H,3-8,10,18H2,1-2H3. The Hall–Kier alpha value is -1.00. The molecule has 2 atom stereocenters. The van der Waals surface area contributed by atoms with Gasteiger partial charge in [0.15, 0.2) is 0 Å². The molecule has 1 aliphatic rings. The minimum atomic E-state index is 0.0863.